The van der Waals surface area contributed by atoms with Crippen LogP contribution in [0, 0.1) is 0 Å². The van der Waals surface area contributed by atoms with E-state index in [1.807, 2.05) is 0 Å². The summed E-state index contributed by atoms with van der Waals surface area (Å²) in [5.41, 5.74) is -1.87. The molecule has 7 nitrogen and oxygen atoms in total. The van der Waals surface area contributed by atoms with Gasteiger partial charge in [0.1, 0.15) is 11.4 Å². The fraction of sp³-hybridized carbons (Fsp3) is 0.360. The van der Waals surface area contributed by atoms with Crippen LogP contribution in [0.5, 0.6) is 5.75 Å². The molecular formula is C25H29NO6. The number of carbonyl (C=O) groups is 2. The molecule has 0 radical (unpaired) electrons. The molecule has 0 aliphatic carbocycles. The van der Waals surface area contributed by atoms with Crippen LogP contribution in [0.25, 0.3) is 10.9 Å². The molecule has 3 aromatic rings. The molecule has 1 atom stereocenters. The monoisotopic (exact) mass is 439 g/mol. The minimum absolute atomic E-state index is 0.217. The highest BCUT2D eigenvalue weighted by Gasteiger charge is 2.45. The van der Waals surface area contributed by atoms with Crippen molar-refractivity contribution in [2.24, 2.45) is 0 Å². The van der Waals surface area contributed by atoms with E-state index in [2.05, 4.69) is 0 Å². The standard InChI is InChI=1S/C25H29NO6/c1-16(2)31-22(27)25(29,17-11-13-18(30-6)14-12-17)20-15-26(23(28)32-24(3,4)5)21-10-8-7-9-19(20)21/h7-16,29H,1-6H3/t25-/m1/s1. The second kappa shape index (κ2) is 8.67. The smallest absolute Gasteiger partial charge is 0.419 e. The lowest BCUT2D eigenvalue weighted by molar-refractivity contribution is -0.166. The van der Waals surface area contributed by atoms with Crippen LogP contribution in [-0.4, -0.2) is 40.6 Å². The summed E-state index contributed by atoms with van der Waals surface area (Å²) in [7, 11) is 1.53. The summed E-state index contributed by atoms with van der Waals surface area (Å²) in [6, 6.07) is 13.5. The number of fused-ring (bicyclic) bond motifs is 1. The number of aliphatic hydroxyl groups is 1. The highest BCUT2D eigenvalue weighted by atomic mass is 16.6. The average Bonchev–Trinajstić information content (AvgIpc) is 3.12. The number of hydrogen-bond donors (Lipinski definition) is 1. The van der Waals surface area contributed by atoms with Gasteiger partial charge in [-0.25, -0.2) is 9.59 Å². The molecule has 0 amide bonds. The summed E-state index contributed by atoms with van der Waals surface area (Å²) in [6.45, 7) is 8.72. The van der Waals surface area contributed by atoms with Crippen molar-refractivity contribution in [1.29, 1.82) is 0 Å². The Labute approximate surface area is 187 Å². The number of hydrogen-bond acceptors (Lipinski definition) is 6. The Bertz CT molecular complexity index is 1120. The predicted octanol–water partition coefficient (Wildman–Crippen LogP) is 4.62. The Morgan fingerprint density at radius 3 is 2.19 bits per heavy atom. The zero-order valence-electron chi connectivity index (χ0n) is 19.2. The third kappa shape index (κ3) is 4.48. The first kappa shape index (κ1) is 23.3. The Morgan fingerprint density at radius 2 is 1.62 bits per heavy atom. The molecule has 0 fully saturated rings. The second-order valence-corrected chi connectivity index (χ2v) is 8.80. The van der Waals surface area contributed by atoms with Gasteiger partial charge in [0.15, 0.2) is 0 Å². The normalized spacial score (nSPS) is 13.6. The largest absolute Gasteiger partial charge is 0.497 e. The summed E-state index contributed by atoms with van der Waals surface area (Å²) in [5, 5.41) is 12.4. The number of para-hydroxylation sites is 1. The first-order valence-corrected chi connectivity index (χ1v) is 10.4. The maximum atomic E-state index is 13.3. The summed E-state index contributed by atoms with van der Waals surface area (Å²) in [6.07, 6.45) is 0.366. The van der Waals surface area contributed by atoms with Crippen LogP contribution in [0.15, 0.2) is 54.7 Å². The molecule has 1 heterocycles. The quantitative estimate of drug-likeness (QED) is 0.584. The van der Waals surface area contributed by atoms with E-state index in [0.717, 1.165) is 0 Å². The molecule has 0 aliphatic rings. The van der Waals surface area contributed by atoms with Gasteiger partial charge in [0.05, 0.1) is 18.7 Å². The van der Waals surface area contributed by atoms with Crippen LogP contribution >= 0.6 is 0 Å². The molecule has 2 aromatic carbocycles. The van der Waals surface area contributed by atoms with Gasteiger partial charge in [-0.15, -0.1) is 0 Å². The predicted molar refractivity (Wildman–Crippen MR) is 121 cm³/mol. The number of aromatic nitrogens is 1. The van der Waals surface area contributed by atoms with E-state index < -0.39 is 29.4 Å². The van der Waals surface area contributed by atoms with E-state index in [1.54, 1.807) is 83.1 Å². The lowest BCUT2D eigenvalue weighted by Crippen LogP contribution is -2.39. The zero-order valence-corrected chi connectivity index (χ0v) is 19.2. The van der Waals surface area contributed by atoms with E-state index in [-0.39, 0.29) is 11.1 Å². The van der Waals surface area contributed by atoms with E-state index in [9.17, 15) is 14.7 Å². The fourth-order valence-electron chi connectivity index (χ4n) is 3.45. The van der Waals surface area contributed by atoms with Gasteiger partial charge in [-0.1, -0.05) is 30.3 Å². The number of carbonyl (C=O) groups excluding carboxylic acids is 2. The molecule has 0 bridgehead atoms. The first-order chi connectivity index (χ1) is 15.0. The van der Waals surface area contributed by atoms with Crippen molar-refractivity contribution in [1.82, 2.24) is 4.57 Å². The summed E-state index contributed by atoms with van der Waals surface area (Å²) in [4.78, 5) is 26.2. The van der Waals surface area contributed by atoms with Crippen molar-refractivity contribution in [3.8, 4) is 5.75 Å². The van der Waals surface area contributed by atoms with Gasteiger partial charge in [-0.05, 0) is 58.4 Å². The molecule has 0 saturated heterocycles. The number of nitrogens with zero attached hydrogens (tertiary/aromatic N) is 1. The van der Waals surface area contributed by atoms with Gasteiger partial charge in [0, 0.05) is 17.1 Å². The molecule has 0 aliphatic heterocycles. The SMILES string of the molecule is COc1ccc([C@](O)(C(=O)OC(C)C)c2cn(C(=O)OC(C)(C)C)c3ccccc23)cc1. The van der Waals surface area contributed by atoms with Gasteiger partial charge in [0.25, 0.3) is 0 Å². The van der Waals surface area contributed by atoms with Gasteiger partial charge < -0.3 is 19.3 Å². The van der Waals surface area contributed by atoms with E-state index in [4.69, 9.17) is 14.2 Å². The minimum Gasteiger partial charge on any atom is -0.497 e. The molecule has 32 heavy (non-hydrogen) atoms. The molecule has 0 spiro atoms. The highest BCUT2D eigenvalue weighted by molar-refractivity contribution is 5.98. The maximum Gasteiger partial charge on any atom is 0.419 e. The van der Waals surface area contributed by atoms with Crippen LogP contribution < -0.4 is 4.74 Å². The van der Waals surface area contributed by atoms with Gasteiger partial charge in [-0.2, -0.15) is 0 Å². The van der Waals surface area contributed by atoms with Crippen molar-refractivity contribution in [2.75, 3.05) is 7.11 Å². The molecule has 3 rings (SSSR count). The molecule has 0 saturated carbocycles. The fourth-order valence-corrected chi connectivity index (χ4v) is 3.45. The third-order valence-electron chi connectivity index (χ3n) is 4.84. The van der Waals surface area contributed by atoms with E-state index in [1.165, 1.54) is 17.9 Å². The zero-order chi connectivity index (χ0) is 23.7. The van der Waals surface area contributed by atoms with Crippen LogP contribution in [-0.2, 0) is 19.9 Å². The van der Waals surface area contributed by atoms with E-state index in [0.29, 0.717) is 16.7 Å². The Kier molecular flexibility index (Phi) is 6.32. The Hall–Kier alpha value is -3.32. The summed E-state index contributed by atoms with van der Waals surface area (Å²) in [5.74, 6) is -0.269. The molecule has 1 N–H and O–H groups in total. The third-order valence-corrected chi connectivity index (χ3v) is 4.84. The number of methoxy groups -OCH3 is 1. The van der Waals surface area contributed by atoms with Crippen LogP contribution in [0.2, 0.25) is 0 Å². The number of rotatable bonds is 5. The lowest BCUT2D eigenvalue weighted by Gasteiger charge is -2.27. The molecular weight excluding hydrogens is 410 g/mol. The summed E-state index contributed by atoms with van der Waals surface area (Å²) < 4.78 is 17.5. The Morgan fingerprint density at radius 1 is 1.00 bits per heavy atom. The topological polar surface area (TPSA) is 87.0 Å². The van der Waals surface area contributed by atoms with Crippen molar-refractivity contribution in [3.05, 3.63) is 65.9 Å². The summed E-state index contributed by atoms with van der Waals surface area (Å²) >= 11 is 0. The maximum absolute atomic E-state index is 13.3. The van der Waals surface area contributed by atoms with Gasteiger partial charge >= 0.3 is 12.1 Å². The molecule has 1 aromatic heterocycles. The van der Waals surface area contributed by atoms with Gasteiger partial charge in [-0.3, -0.25) is 4.57 Å². The minimum atomic E-state index is -2.16. The van der Waals surface area contributed by atoms with Crippen molar-refractivity contribution >= 4 is 23.0 Å². The number of esters is 1. The van der Waals surface area contributed by atoms with Crippen molar-refractivity contribution < 1.29 is 28.9 Å². The molecule has 170 valence electrons. The number of benzene rings is 2. The second-order valence-electron chi connectivity index (χ2n) is 8.80. The van der Waals surface area contributed by atoms with E-state index >= 15 is 0 Å². The molecule has 7 heteroatoms. The van der Waals surface area contributed by atoms with Gasteiger partial charge in [0.2, 0.25) is 5.60 Å². The van der Waals surface area contributed by atoms with Crippen LogP contribution in [0.4, 0.5) is 4.79 Å². The lowest BCUT2D eigenvalue weighted by atomic mass is 9.86. The van der Waals surface area contributed by atoms with Crippen LogP contribution in [0.3, 0.4) is 0 Å². The highest BCUT2D eigenvalue weighted by Crippen LogP contribution is 2.38. The number of ether oxygens (including phenoxy) is 3. The van der Waals surface area contributed by atoms with Crippen molar-refractivity contribution in [2.45, 2.75) is 51.9 Å². The average molecular weight is 440 g/mol. The first-order valence-electron chi connectivity index (χ1n) is 10.4. The van der Waals surface area contributed by atoms with Crippen molar-refractivity contribution in [3.63, 3.8) is 0 Å². The van der Waals surface area contributed by atoms with Crippen LogP contribution in [0.1, 0.15) is 45.7 Å². The Balaban J connectivity index is 2.25. The molecule has 0 unspecified atom stereocenters.